The monoisotopic (exact) mass is 348 g/mol. The molecule has 132 valence electrons. The van der Waals surface area contributed by atoms with Gasteiger partial charge in [0.1, 0.15) is 12.1 Å². The van der Waals surface area contributed by atoms with E-state index in [0.717, 1.165) is 41.8 Å². The Kier molecular flexibility index (Phi) is 3.41. The van der Waals surface area contributed by atoms with Gasteiger partial charge in [0.25, 0.3) is 0 Å². The van der Waals surface area contributed by atoms with Crippen molar-refractivity contribution in [2.24, 2.45) is 13.0 Å². The summed E-state index contributed by atoms with van der Waals surface area (Å²) in [5.41, 5.74) is 1.68. The molecule has 2 bridgehead atoms. The molecule has 2 aromatic heterocycles. The molecule has 3 aromatic rings. The summed E-state index contributed by atoms with van der Waals surface area (Å²) in [6.45, 7) is 0. The maximum absolute atomic E-state index is 12.9. The molecule has 3 atom stereocenters. The molecule has 0 aliphatic carbocycles. The Balaban J connectivity index is 1.44. The lowest BCUT2D eigenvalue weighted by molar-refractivity contribution is -0.120. The summed E-state index contributed by atoms with van der Waals surface area (Å²) in [6, 6.07) is 10.2. The molecular weight excluding hydrogens is 328 g/mol. The number of aromatic nitrogens is 4. The molecule has 4 heterocycles. The largest absolute Gasteiger partial charge is 0.349 e. The highest BCUT2D eigenvalue weighted by atomic mass is 16.2. The predicted octanol–water partition coefficient (Wildman–Crippen LogP) is 2.36. The van der Waals surface area contributed by atoms with Gasteiger partial charge in [-0.2, -0.15) is 5.10 Å². The average Bonchev–Trinajstić information content (AvgIpc) is 3.35. The number of amides is 1. The van der Waals surface area contributed by atoms with Crippen molar-refractivity contribution in [3.63, 3.8) is 0 Å². The highest BCUT2D eigenvalue weighted by molar-refractivity contribution is 5.95. The normalized spacial score (nSPS) is 24.3. The Morgan fingerprint density at radius 2 is 2.04 bits per heavy atom. The van der Waals surface area contributed by atoms with Gasteiger partial charge in [0.2, 0.25) is 5.91 Å². The van der Waals surface area contributed by atoms with E-state index >= 15 is 0 Å². The number of hydrogen-bond acceptors (Lipinski definition) is 5. The third-order valence-corrected chi connectivity index (χ3v) is 5.67. The van der Waals surface area contributed by atoms with Gasteiger partial charge in [0.05, 0.1) is 17.5 Å². The Hall–Kier alpha value is -2.96. The minimum absolute atomic E-state index is 0.0179. The number of nitrogens with zero attached hydrogens (tertiary/aromatic N) is 5. The lowest BCUT2D eigenvalue weighted by Gasteiger charge is -2.25. The number of hydrogen-bond donors (Lipinski definition) is 1. The third kappa shape index (κ3) is 2.27. The van der Waals surface area contributed by atoms with Crippen LogP contribution in [0.3, 0.4) is 0 Å². The van der Waals surface area contributed by atoms with Gasteiger partial charge in [-0.25, -0.2) is 9.97 Å². The van der Waals surface area contributed by atoms with E-state index in [1.807, 2.05) is 43.6 Å². The Morgan fingerprint density at radius 1 is 1.19 bits per heavy atom. The van der Waals surface area contributed by atoms with Gasteiger partial charge >= 0.3 is 0 Å². The van der Waals surface area contributed by atoms with Crippen molar-refractivity contribution >= 4 is 28.4 Å². The van der Waals surface area contributed by atoms with Crippen LogP contribution in [0.1, 0.15) is 19.3 Å². The van der Waals surface area contributed by atoms with Crippen LogP contribution in [0.2, 0.25) is 0 Å². The minimum Gasteiger partial charge on any atom is -0.349 e. The van der Waals surface area contributed by atoms with Crippen LogP contribution in [0, 0.1) is 5.92 Å². The summed E-state index contributed by atoms with van der Waals surface area (Å²) >= 11 is 0. The number of carbonyl (C=O) groups excluding carboxylic acids is 1. The van der Waals surface area contributed by atoms with Crippen LogP contribution in [0.4, 0.5) is 11.5 Å². The van der Waals surface area contributed by atoms with E-state index in [4.69, 9.17) is 0 Å². The number of aryl methyl sites for hydroxylation is 1. The Bertz CT molecular complexity index is 969. The van der Waals surface area contributed by atoms with E-state index in [1.54, 1.807) is 11.0 Å². The summed E-state index contributed by atoms with van der Waals surface area (Å²) in [4.78, 5) is 24.1. The molecular formula is C19H20N6O. The Morgan fingerprint density at radius 3 is 2.88 bits per heavy atom. The minimum atomic E-state index is -0.0179. The van der Waals surface area contributed by atoms with Crippen LogP contribution in [0.15, 0.2) is 42.9 Å². The second-order valence-corrected chi connectivity index (χ2v) is 7.11. The van der Waals surface area contributed by atoms with E-state index in [9.17, 15) is 4.79 Å². The zero-order chi connectivity index (χ0) is 17.7. The van der Waals surface area contributed by atoms with Crippen molar-refractivity contribution in [3.8, 4) is 0 Å². The first kappa shape index (κ1) is 15.3. The van der Waals surface area contributed by atoms with Crippen molar-refractivity contribution < 1.29 is 4.79 Å². The first-order valence-electron chi connectivity index (χ1n) is 8.99. The molecule has 2 aliphatic rings. The molecule has 0 radical (unpaired) electrons. The van der Waals surface area contributed by atoms with E-state index < -0.39 is 0 Å². The molecule has 5 rings (SSSR count). The quantitative estimate of drug-likeness (QED) is 0.786. The molecule has 0 spiro atoms. The van der Waals surface area contributed by atoms with E-state index in [2.05, 4.69) is 25.3 Å². The van der Waals surface area contributed by atoms with Gasteiger partial charge in [-0.3, -0.25) is 9.48 Å². The summed E-state index contributed by atoms with van der Waals surface area (Å²) < 4.78 is 1.76. The molecule has 0 unspecified atom stereocenters. The van der Waals surface area contributed by atoms with Crippen molar-refractivity contribution in [2.45, 2.75) is 31.3 Å². The molecule has 7 nitrogen and oxygen atoms in total. The van der Waals surface area contributed by atoms with Gasteiger partial charge in [0.15, 0.2) is 5.65 Å². The SMILES string of the molecule is Cn1ncc2c(N3[C@H]4CC[C@H]3[C@H](C(=O)Nc3ccccc3)C4)ncnc21. The summed E-state index contributed by atoms with van der Waals surface area (Å²) in [5.74, 6) is 0.992. The number of carbonyl (C=O) groups is 1. The average molecular weight is 348 g/mol. The maximum atomic E-state index is 12.9. The second kappa shape index (κ2) is 5.79. The lowest BCUT2D eigenvalue weighted by atomic mass is 9.88. The van der Waals surface area contributed by atoms with Gasteiger partial charge < -0.3 is 10.2 Å². The predicted molar refractivity (Wildman–Crippen MR) is 98.8 cm³/mol. The van der Waals surface area contributed by atoms with E-state index in [1.165, 1.54) is 0 Å². The summed E-state index contributed by atoms with van der Waals surface area (Å²) in [7, 11) is 1.88. The van der Waals surface area contributed by atoms with Crippen LogP contribution in [0.25, 0.3) is 11.0 Å². The maximum Gasteiger partial charge on any atom is 0.229 e. The van der Waals surface area contributed by atoms with E-state index in [0.29, 0.717) is 6.04 Å². The standard InChI is InChI=1S/C19H20N6O/c1-24-17-15(10-22-24)18(21-11-20-17)25-13-7-8-16(25)14(9-13)19(26)23-12-5-3-2-4-6-12/h2-6,10-11,13-14,16H,7-9H2,1H3,(H,23,26)/t13-,14+,16-/m0/s1. The van der Waals surface area contributed by atoms with Gasteiger partial charge in [-0.1, -0.05) is 18.2 Å². The zero-order valence-electron chi connectivity index (χ0n) is 14.5. The van der Waals surface area contributed by atoms with Crippen LogP contribution < -0.4 is 10.2 Å². The number of rotatable bonds is 3. The molecule has 26 heavy (non-hydrogen) atoms. The number of benzene rings is 1. The van der Waals surface area contributed by atoms with Crippen molar-refractivity contribution in [1.82, 2.24) is 19.7 Å². The molecule has 1 amide bonds. The highest BCUT2D eigenvalue weighted by Gasteiger charge is 2.50. The molecule has 1 aromatic carbocycles. The molecule has 7 heteroatoms. The van der Waals surface area contributed by atoms with Crippen molar-refractivity contribution in [2.75, 3.05) is 10.2 Å². The zero-order valence-corrected chi connectivity index (χ0v) is 14.5. The van der Waals surface area contributed by atoms with Crippen LogP contribution in [-0.2, 0) is 11.8 Å². The third-order valence-electron chi connectivity index (χ3n) is 5.67. The van der Waals surface area contributed by atoms with E-state index in [-0.39, 0.29) is 17.9 Å². The Labute approximate surface area is 151 Å². The second-order valence-electron chi connectivity index (χ2n) is 7.11. The molecule has 2 fully saturated rings. The van der Waals surface area contributed by atoms with Crippen molar-refractivity contribution in [3.05, 3.63) is 42.9 Å². The van der Waals surface area contributed by atoms with Crippen LogP contribution >= 0.6 is 0 Å². The molecule has 1 N–H and O–H groups in total. The number of fused-ring (bicyclic) bond motifs is 3. The number of para-hydroxylation sites is 1. The number of nitrogens with one attached hydrogen (secondary N) is 1. The fraction of sp³-hybridized carbons (Fsp3) is 0.368. The molecule has 0 saturated carbocycles. The fourth-order valence-corrected chi connectivity index (χ4v) is 4.51. The molecule has 2 saturated heterocycles. The smallest absolute Gasteiger partial charge is 0.229 e. The van der Waals surface area contributed by atoms with Gasteiger partial charge in [-0.05, 0) is 31.4 Å². The lowest BCUT2D eigenvalue weighted by Crippen LogP contribution is -2.36. The first-order chi connectivity index (χ1) is 12.7. The van der Waals surface area contributed by atoms with Gasteiger partial charge in [0, 0.05) is 24.8 Å². The van der Waals surface area contributed by atoms with Crippen LogP contribution in [-0.4, -0.2) is 37.7 Å². The molecule has 2 aliphatic heterocycles. The van der Waals surface area contributed by atoms with Crippen molar-refractivity contribution in [1.29, 1.82) is 0 Å². The first-order valence-corrected chi connectivity index (χ1v) is 8.99. The summed E-state index contributed by atoms with van der Waals surface area (Å²) in [6.07, 6.45) is 6.40. The highest BCUT2D eigenvalue weighted by Crippen LogP contribution is 2.45. The van der Waals surface area contributed by atoms with Gasteiger partial charge in [-0.15, -0.1) is 0 Å². The summed E-state index contributed by atoms with van der Waals surface area (Å²) in [5, 5.41) is 8.34. The fourth-order valence-electron chi connectivity index (χ4n) is 4.51. The van der Waals surface area contributed by atoms with Crippen LogP contribution in [0.5, 0.6) is 0 Å². The number of anilines is 2. The topological polar surface area (TPSA) is 75.9 Å².